The molecule has 1 N–H and O–H groups in total. The molecule has 3 fully saturated rings. The van der Waals surface area contributed by atoms with Crippen LogP contribution >= 0.6 is 0 Å². The highest BCUT2D eigenvalue weighted by Crippen LogP contribution is 2.25. The van der Waals surface area contributed by atoms with Gasteiger partial charge in [-0.05, 0) is 31.2 Å². The molecule has 3 aliphatic heterocycles. The van der Waals surface area contributed by atoms with E-state index in [2.05, 4.69) is 50.9 Å². The van der Waals surface area contributed by atoms with Gasteiger partial charge in [-0.15, -0.1) is 0 Å². The monoisotopic (exact) mass is 418 g/mol. The second kappa shape index (κ2) is 10.4. The normalized spacial score (nSPS) is 27.5. The van der Waals surface area contributed by atoms with Crippen LogP contribution in [-0.2, 0) is 11.3 Å². The van der Waals surface area contributed by atoms with Gasteiger partial charge < -0.3 is 19.5 Å². The number of nitrogens with zero attached hydrogens (tertiary/aromatic N) is 4. The van der Waals surface area contributed by atoms with Gasteiger partial charge in [0.15, 0.2) is 0 Å². The van der Waals surface area contributed by atoms with Crippen LogP contribution in [0.15, 0.2) is 24.3 Å². The Hall–Kier alpha value is -1.22. The predicted molar refractivity (Wildman–Crippen MR) is 118 cm³/mol. The van der Waals surface area contributed by atoms with Crippen LogP contribution in [0.5, 0.6) is 5.75 Å². The quantitative estimate of drug-likeness (QED) is 0.663. The molecule has 30 heavy (non-hydrogen) atoms. The Balaban J connectivity index is 1.18. The topological polar surface area (TPSA) is 51.7 Å². The number of aliphatic hydroxyl groups is 1. The lowest BCUT2D eigenvalue weighted by Gasteiger charge is -2.36. The summed E-state index contributed by atoms with van der Waals surface area (Å²) >= 11 is 0. The molecule has 168 valence electrons. The Morgan fingerprint density at radius 1 is 0.933 bits per heavy atom. The van der Waals surface area contributed by atoms with Gasteiger partial charge in [-0.2, -0.15) is 0 Å². The van der Waals surface area contributed by atoms with Crippen LogP contribution in [0.2, 0.25) is 0 Å². The zero-order valence-electron chi connectivity index (χ0n) is 18.5. The van der Waals surface area contributed by atoms with Crippen molar-refractivity contribution in [2.24, 2.45) is 0 Å². The van der Waals surface area contributed by atoms with Crippen molar-refractivity contribution in [3.8, 4) is 5.75 Å². The summed E-state index contributed by atoms with van der Waals surface area (Å²) in [5, 5.41) is 11.1. The lowest BCUT2D eigenvalue weighted by Crippen LogP contribution is -2.51. The number of benzene rings is 1. The molecule has 0 bridgehead atoms. The first kappa shape index (κ1) is 22.0. The number of piperazine rings is 1. The second-order valence-corrected chi connectivity index (χ2v) is 9.21. The van der Waals surface area contributed by atoms with E-state index >= 15 is 0 Å². The van der Waals surface area contributed by atoms with Gasteiger partial charge in [0.1, 0.15) is 12.4 Å². The molecule has 0 amide bonds. The van der Waals surface area contributed by atoms with Crippen LogP contribution in [-0.4, -0.2) is 123 Å². The molecule has 1 aromatic rings. The van der Waals surface area contributed by atoms with Gasteiger partial charge in [-0.3, -0.25) is 14.7 Å². The van der Waals surface area contributed by atoms with Crippen LogP contribution < -0.4 is 4.74 Å². The molecule has 7 nitrogen and oxygen atoms in total. The standard InChI is InChI=1S/C23H38N4O3/c1-24-8-10-26(11-9-24)19-23(28)6-7-27(20-23)18-21-2-4-22(5-3-21)30-17-14-25-12-15-29-16-13-25/h2-5,28H,6-20H2,1H3/t23-/m0/s1. The van der Waals surface area contributed by atoms with E-state index in [1.807, 2.05) is 0 Å². The molecule has 0 unspecified atom stereocenters. The van der Waals surface area contributed by atoms with Crippen molar-refractivity contribution in [2.45, 2.75) is 18.6 Å². The average molecular weight is 419 g/mol. The number of hydrogen-bond donors (Lipinski definition) is 1. The summed E-state index contributed by atoms with van der Waals surface area (Å²) in [7, 11) is 2.17. The van der Waals surface area contributed by atoms with Crippen molar-refractivity contribution >= 4 is 0 Å². The molecule has 0 aromatic heterocycles. The highest BCUT2D eigenvalue weighted by molar-refractivity contribution is 5.27. The molecule has 7 heteroatoms. The second-order valence-electron chi connectivity index (χ2n) is 9.21. The van der Waals surface area contributed by atoms with Crippen molar-refractivity contribution in [3.63, 3.8) is 0 Å². The Morgan fingerprint density at radius 3 is 2.40 bits per heavy atom. The Labute approximate surface area is 181 Å². The van der Waals surface area contributed by atoms with Crippen molar-refractivity contribution in [3.05, 3.63) is 29.8 Å². The van der Waals surface area contributed by atoms with Gasteiger partial charge in [0, 0.05) is 72.0 Å². The fraction of sp³-hybridized carbons (Fsp3) is 0.739. The zero-order valence-corrected chi connectivity index (χ0v) is 18.5. The van der Waals surface area contributed by atoms with Crippen LogP contribution in [0.1, 0.15) is 12.0 Å². The third kappa shape index (κ3) is 6.39. The maximum atomic E-state index is 11.1. The number of rotatable bonds is 8. The number of likely N-dealkylation sites (tertiary alicyclic amines) is 1. The summed E-state index contributed by atoms with van der Waals surface area (Å²) in [6.07, 6.45) is 0.863. The number of likely N-dealkylation sites (N-methyl/N-ethyl adjacent to an activating group) is 1. The Bertz CT molecular complexity index is 644. The highest BCUT2D eigenvalue weighted by Gasteiger charge is 2.37. The van der Waals surface area contributed by atoms with Crippen molar-refractivity contribution in [1.82, 2.24) is 19.6 Å². The molecule has 3 saturated heterocycles. The molecular weight excluding hydrogens is 380 g/mol. The Kier molecular flexibility index (Phi) is 7.62. The minimum absolute atomic E-state index is 0.571. The molecule has 4 rings (SSSR count). The molecule has 0 aliphatic carbocycles. The van der Waals surface area contributed by atoms with Crippen LogP contribution in [0.3, 0.4) is 0 Å². The van der Waals surface area contributed by atoms with E-state index in [1.165, 1.54) is 5.56 Å². The fourth-order valence-electron chi connectivity index (χ4n) is 4.69. The molecule has 0 radical (unpaired) electrons. The molecule has 3 aliphatic rings. The maximum Gasteiger partial charge on any atom is 0.119 e. The smallest absolute Gasteiger partial charge is 0.119 e. The zero-order chi connectivity index (χ0) is 20.8. The van der Waals surface area contributed by atoms with Crippen LogP contribution in [0.4, 0.5) is 0 Å². The lowest BCUT2D eigenvalue weighted by molar-refractivity contribution is -0.000372. The van der Waals surface area contributed by atoms with Gasteiger partial charge in [-0.25, -0.2) is 0 Å². The largest absolute Gasteiger partial charge is 0.492 e. The van der Waals surface area contributed by atoms with Crippen molar-refractivity contribution in [2.75, 3.05) is 92.3 Å². The first-order valence-corrected chi connectivity index (χ1v) is 11.5. The number of ether oxygens (including phenoxy) is 2. The summed E-state index contributed by atoms with van der Waals surface area (Å²) in [6.45, 7) is 13.0. The van der Waals surface area contributed by atoms with E-state index in [0.29, 0.717) is 6.61 Å². The third-order valence-corrected chi connectivity index (χ3v) is 6.63. The fourth-order valence-corrected chi connectivity index (χ4v) is 4.69. The molecule has 1 atom stereocenters. The lowest BCUT2D eigenvalue weighted by atomic mass is 10.0. The van der Waals surface area contributed by atoms with E-state index in [4.69, 9.17) is 9.47 Å². The van der Waals surface area contributed by atoms with Crippen LogP contribution in [0.25, 0.3) is 0 Å². The molecule has 3 heterocycles. The molecule has 0 spiro atoms. The molecule has 1 aromatic carbocycles. The molecule has 0 saturated carbocycles. The first-order chi connectivity index (χ1) is 14.6. The van der Waals surface area contributed by atoms with Gasteiger partial charge in [-0.1, -0.05) is 12.1 Å². The van der Waals surface area contributed by atoms with E-state index in [0.717, 1.165) is 97.4 Å². The van der Waals surface area contributed by atoms with E-state index in [9.17, 15) is 5.11 Å². The molecular formula is C23H38N4O3. The maximum absolute atomic E-state index is 11.1. The van der Waals surface area contributed by atoms with E-state index < -0.39 is 5.60 Å². The van der Waals surface area contributed by atoms with Gasteiger partial charge in [0.25, 0.3) is 0 Å². The summed E-state index contributed by atoms with van der Waals surface area (Å²) in [4.78, 5) is 9.54. The summed E-state index contributed by atoms with van der Waals surface area (Å²) < 4.78 is 11.3. The van der Waals surface area contributed by atoms with E-state index in [1.54, 1.807) is 0 Å². The van der Waals surface area contributed by atoms with Gasteiger partial charge in [0.2, 0.25) is 0 Å². The first-order valence-electron chi connectivity index (χ1n) is 11.5. The minimum atomic E-state index is -0.571. The number of morpholine rings is 1. The van der Waals surface area contributed by atoms with Crippen LogP contribution in [0, 0.1) is 0 Å². The highest BCUT2D eigenvalue weighted by atomic mass is 16.5. The SMILES string of the molecule is CN1CCN(C[C@@]2(O)CCN(Cc3ccc(OCCN4CCOCC4)cc3)C2)CC1. The Morgan fingerprint density at radius 2 is 1.67 bits per heavy atom. The summed E-state index contributed by atoms with van der Waals surface area (Å²) in [6, 6.07) is 8.45. The predicted octanol–water partition coefficient (Wildman–Crippen LogP) is 0.582. The number of hydrogen-bond acceptors (Lipinski definition) is 7. The average Bonchev–Trinajstić information content (AvgIpc) is 3.12. The van der Waals surface area contributed by atoms with Crippen molar-refractivity contribution in [1.29, 1.82) is 0 Å². The summed E-state index contributed by atoms with van der Waals surface area (Å²) in [5.74, 6) is 0.931. The van der Waals surface area contributed by atoms with Gasteiger partial charge in [0.05, 0.1) is 18.8 Å². The third-order valence-electron chi connectivity index (χ3n) is 6.63. The van der Waals surface area contributed by atoms with E-state index in [-0.39, 0.29) is 0 Å². The van der Waals surface area contributed by atoms with Gasteiger partial charge >= 0.3 is 0 Å². The van der Waals surface area contributed by atoms with Crippen molar-refractivity contribution < 1.29 is 14.6 Å². The number of β-amino-alcohol motifs (C(OH)–C–C–N with tert-alkyl or cyclic N) is 1. The summed E-state index contributed by atoms with van der Waals surface area (Å²) in [5.41, 5.74) is 0.706. The minimum Gasteiger partial charge on any atom is -0.492 e.